The molecule has 3 heterocycles. The third-order valence-electron chi connectivity index (χ3n) is 3.53. The quantitative estimate of drug-likeness (QED) is 0.766. The van der Waals surface area contributed by atoms with E-state index in [1.165, 1.54) is 0 Å². The minimum atomic E-state index is 0.191. The topological polar surface area (TPSA) is 76.7 Å². The van der Waals surface area contributed by atoms with Crippen LogP contribution in [0, 0.1) is 0 Å². The molecule has 1 aliphatic heterocycles. The van der Waals surface area contributed by atoms with Gasteiger partial charge in [-0.15, -0.1) is 0 Å². The minimum absolute atomic E-state index is 0.191. The maximum atomic E-state index is 5.36. The van der Waals surface area contributed by atoms with Gasteiger partial charge >= 0.3 is 0 Å². The molecule has 6 nitrogen and oxygen atoms in total. The summed E-state index contributed by atoms with van der Waals surface area (Å²) in [5.74, 6) is 1.26. The molecule has 1 atom stereocenters. The van der Waals surface area contributed by atoms with E-state index in [-0.39, 0.29) is 6.04 Å². The summed E-state index contributed by atoms with van der Waals surface area (Å²) in [4.78, 5) is 13.0. The maximum Gasteiger partial charge on any atom is 0.244 e. The van der Waals surface area contributed by atoms with E-state index in [4.69, 9.17) is 4.52 Å². The van der Waals surface area contributed by atoms with Gasteiger partial charge in [0.15, 0.2) is 0 Å². The molecule has 20 heavy (non-hydrogen) atoms. The molecule has 0 bridgehead atoms. The Hall–Kier alpha value is -2.34. The van der Waals surface area contributed by atoms with Gasteiger partial charge in [0.1, 0.15) is 0 Å². The second-order valence-electron chi connectivity index (χ2n) is 4.86. The van der Waals surface area contributed by atoms with Crippen molar-refractivity contribution in [3.63, 3.8) is 0 Å². The van der Waals surface area contributed by atoms with Gasteiger partial charge in [0.2, 0.25) is 11.7 Å². The fourth-order valence-electron chi connectivity index (χ4n) is 2.49. The standard InChI is InChI=1S/C14H13N5O/c1-2-11(15-5-1)14-18-13(19-20-14)9-3-4-10-12(8-9)17-7-6-16-10/h3-4,6-8,11,15H,1-2,5H2/t11-/m1/s1. The van der Waals surface area contributed by atoms with Gasteiger partial charge in [-0.3, -0.25) is 9.97 Å². The molecule has 1 saturated heterocycles. The number of nitrogens with zero attached hydrogens (tertiary/aromatic N) is 4. The van der Waals surface area contributed by atoms with E-state index >= 15 is 0 Å². The van der Waals surface area contributed by atoms with Gasteiger partial charge in [0.05, 0.1) is 17.1 Å². The number of hydrogen-bond donors (Lipinski definition) is 1. The predicted molar refractivity (Wildman–Crippen MR) is 72.8 cm³/mol. The summed E-state index contributed by atoms with van der Waals surface area (Å²) in [6.07, 6.45) is 5.55. The summed E-state index contributed by atoms with van der Waals surface area (Å²) in [5, 5.41) is 7.41. The Morgan fingerprint density at radius 2 is 2.05 bits per heavy atom. The summed E-state index contributed by atoms with van der Waals surface area (Å²) in [5.41, 5.74) is 2.58. The number of rotatable bonds is 2. The summed E-state index contributed by atoms with van der Waals surface area (Å²) in [7, 11) is 0. The van der Waals surface area contributed by atoms with Crippen LogP contribution in [-0.2, 0) is 0 Å². The first-order chi connectivity index (χ1) is 9.90. The first-order valence-electron chi connectivity index (χ1n) is 6.68. The van der Waals surface area contributed by atoms with E-state index in [0.29, 0.717) is 11.7 Å². The van der Waals surface area contributed by atoms with Gasteiger partial charge in [0, 0.05) is 18.0 Å². The lowest BCUT2D eigenvalue weighted by atomic mass is 10.2. The highest BCUT2D eigenvalue weighted by atomic mass is 16.5. The molecule has 1 aromatic carbocycles. The summed E-state index contributed by atoms with van der Waals surface area (Å²) in [6, 6.07) is 5.98. The van der Waals surface area contributed by atoms with Crippen LogP contribution in [0.3, 0.4) is 0 Å². The number of benzene rings is 1. The smallest absolute Gasteiger partial charge is 0.244 e. The van der Waals surface area contributed by atoms with Gasteiger partial charge < -0.3 is 9.84 Å². The predicted octanol–water partition coefficient (Wildman–Crippen LogP) is 2.10. The lowest BCUT2D eigenvalue weighted by Gasteiger charge is -2.01. The molecule has 3 aromatic rings. The first kappa shape index (κ1) is 11.5. The van der Waals surface area contributed by atoms with Crippen molar-refractivity contribution in [1.82, 2.24) is 25.4 Å². The molecule has 6 heteroatoms. The number of hydrogen-bond acceptors (Lipinski definition) is 6. The molecular formula is C14H13N5O. The van der Waals surface area contributed by atoms with Gasteiger partial charge in [-0.2, -0.15) is 4.98 Å². The van der Waals surface area contributed by atoms with Crippen LogP contribution < -0.4 is 5.32 Å². The van der Waals surface area contributed by atoms with Gasteiger partial charge in [-0.1, -0.05) is 5.16 Å². The van der Waals surface area contributed by atoms with E-state index in [2.05, 4.69) is 25.4 Å². The van der Waals surface area contributed by atoms with Crippen molar-refractivity contribution in [1.29, 1.82) is 0 Å². The second kappa shape index (κ2) is 4.64. The Bertz CT molecular complexity index is 748. The van der Waals surface area contributed by atoms with Crippen molar-refractivity contribution in [2.45, 2.75) is 18.9 Å². The number of fused-ring (bicyclic) bond motifs is 1. The van der Waals surface area contributed by atoms with Crippen LogP contribution in [0.25, 0.3) is 22.4 Å². The van der Waals surface area contributed by atoms with Gasteiger partial charge in [0.25, 0.3) is 0 Å². The molecule has 0 unspecified atom stereocenters. The Labute approximate surface area is 115 Å². The SMILES string of the molecule is c1cnc2cc(-c3noc([C@H]4CCCN4)n3)ccc2n1. The molecule has 0 radical (unpaired) electrons. The van der Waals surface area contributed by atoms with Crippen molar-refractivity contribution in [3.05, 3.63) is 36.5 Å². The average Bonchev–Trinajstić information content (AvgIpc) is 3.17. The van der Waals surface area contributed by atoms with Crippen LogP contribution in [-0.4, -0.2) is 26.7 Å². The van der Waals surface area contributed by atoms with E-state index < -0.39 is 0 Å². The molecule has 0 spiro atoms. The average molecular weight is 267 g/mol. The maximum absolute atomic E-state index is 5.36. The highest BCUT2D eigenvalue weighted by Crippen LogP contribution is 2.25. The Kier molecular flexibility index (Phi) is 2.67. The van der Waals surface area contributed by atoms with Gasteiger partial charge in [-0.25, -0.2) is 0 Å². The summed E-state index contributed by atoms with van der Waals surface area (Å²) in [6.45, 7) is 1.01. The molecule has 1 N–H and O–H groups in total. The summed E-state index contributed by atoms with van der Waals surface area (Å²) >= 11 is 0. The van der Waals surface area contributed by atoms with E-state index in [9.17, 15) is 0 Å². The first-order valence-corrected chi connectivity index (χ1v) is 6.68. The Balaban J connectivity index is 1.71. The lowest BCUT2D eigenvalue weighted by molar-refractivity contribution is 0.345. The molecule has 0 aliphatic carbocycles. The van der Waals surface area contributed by atoms with E-state index in [1.54, 1.807) is 12.4 Å². The molecule has 0 amide bonds. The fraction of sp³-hybridized carbons (Fsp3) is 0.286. The Morgan fingerprint density at radius 1 is 1.15 bits per heavy atom. The van der Waals surface area contributed by atoms with Crippen molar-refractivity contribution in [2.75, 3.05) is 6.54 Å². The minimum Gasteiger partial charge on any atom is -0.337 e. The highest BCUT2D eigenvalue weighted by molar-refractivity contribution is 5.79. The molecule has 0 saturated carbocycles. The number of nitrogens with one attached hydrogen (secondary N) is 1. The zero-order valence-corrected chi connectivity index (χ0v) is 10.8. The van der Waals surface area contributed by atoms with Gasteiger partial charge in [-0.05, 0) is 37.6 Å². The molecule has 4 rings (SSSR count). The largest absolute Gasteiger partial charge is 0.337 e. The fourth-order valence-corrected chi connectivity index (χ4v) is 2.49. The molecule has 2 aromatic heterocycles. The van der Waals surface area contributed by atoms with Crippen LogP contribution in [0.4, 0.5) is 0 Å². The normalized spacial score (nSPS) is 18.7. The van der Waals surface area contributed by atoms with Crippen molar-refractivity contribution < 1.29 is 4.52 Å². The van der Waals surface area contributed by atoms with Crippen LogP contribution in [0.5, 0.6) is 0 Å². The zero-order valence-electron chi connectivity index (χ0n) is 10.8. The van der Waals surface area contributed by atoms with Crippen molar-refractivity contribution >= 4 is 11.0 Å². The molecule has 1 fully saturated rings. The zero-order chi connectivity index (χ0) is 13.4. The molecular weight excluding hydrogens is 254 g/mol. The molecule has 1 aliphatic rings. The van der Waals surface area contributed by atoms with Crippen LogP contribution in [0.1, 0.15) is 24.8 Å². The lowest BCUT2D eigenvalue weighted by Crippen LogP contribution is -2.12. The third-order valence-corrected chi connectivity index (χ3v) is 3.53. The van der Waals surface area contributed by atoms with Crippen molar-refractivity contribution in [2.24, 2.45) is 0 Å². The van der Waals surface area contributed by atoms with E-state index in [1.807, 2.05) is 18.2 Å². The number of aromatic nitrogens is 4. The van der Waals surface area contributed by atoms with Crippen molar-refractivity contribution in [3.8, 4) is 11.4 Å². The highest BCUT2D eigenvalue weighted by Gasteiger charge is 2.22. The van der Waals surface area contributed by atoms with E-state index in [0.717, 1.165) is 36.0 Å². The summed E-state index contributed by atoms with van der Waals surface area (Å²) < 4.78 is 5.36. The van der Waals surface area contributed by atoms with Crippen LogP contribution in [0.2, 0.25) is 0 Å². The Morgan fingerprint density at radius 3 is 2.90 bits per heavy atom. The van der Waals surface area contributed by atoms with Crippen LogP contribution >= 0.6 is 0 Å². The molecule has 100 valence electrons. The third kappa shape index (κ3) is 1.94. The monoisotopic (exact) mass is 267 g/mol. The van der Waals surface area contributed by atoms with Crippen LogP contribution in [0.15, 0.2) is 35.1 Å². The second-order valence-corrected chi connectivity index (χ2v) is 4.86.